The summed E-state index contributed by atoms with van der Waals surface area (Å²) >= 11 is 0. The summed E-state index contributed by atoms with van der Waals surface area (Å²) < 4.78 is 5.67. The molecule has 0 spiro atoms. The number of carbonyl (C=O) groups excluding carboxylic acids is 1. The van der Waals surface area contributed by atoms with Gasteiger partial charge in [-0.15, -0.1) is 0 Å². The van der Waals surface area contributed by atoms with Gasteiger partial charge in [-0.3, -0.25) is 14.6 Å². The fourth-order valence-electron chi connectivity index (χ4n) is 2.21. The normalized spacial score (nSPS) is 11.0. The van der Waals surface area contributed by atoms with Gasteiger partial charge in [-0.2, -0.15) is 0 Å². The molecule has 138 valence electrons. The number of carbonyl (C=O) groups is 2. The molecule has 0 aliphatic rings. The molecule has 1 aromatic carbocycles. The van der Waals surface area contributed by atoms with Gasteiger partial charge in [0, 0.05) is 17.8 Å². The topological polar surface area (TPSA) is 88.5 Å². The molecule has 0 saturated heterocycles. The van der Waals surface area contributed by atoms with E-state index >= 15 is 0 Å². The maximum atomic E-state index is 12.3. The number of nitrogens with one attached hydrogen (secondary N) is 1. The lowest BCUT2D eigenvalue weighted by molar-refractivity contribution is -0.147. The van der Waals surface area contributed by atoms with Crippen molar-refractivity contribution in [2.75, 3.05) is 6.54 Å². The van der Waals surface area contributed by atoms with Gasteiger partial charge >= 0.3 is 5.97 Å². The molecule has 6 heteroatoms. The Balaban J connectivity index is 1.90. The predicted molar refractivity (Wildman–Crippen MR) is 98.1 cm³/mol. The van der Waals surface area contributed by atoms with Crippen molar-refractivity contribution >= 4 is 11.9 Å². The van der Waals surface area contributed by atoms with E-state index in [-0.39, 0.29) is 5.91 Å². The highest BCUT2D eigenvalue weighted by Gasteiger charge is 2.26. The number of aliphatic carboxylic acids is 1. The smallest absolute Gasteiger partial charge is 0.309 e. The number of hydrogen-bond donors (Lipinski definition) is 2. The van der Waals surface area contributed by atoms with E-state index in [1.54, 1.807) is 38.2 Å². The Bertz CT molecular complexity index is 770. The first-order chi connectivity index (χ1) is 12.3. The highest BCUT2D eigenvalue weighted by Crippen LogP contribution is 2.19. The highest BCUT2D eigenvalue weighted by atomic mass is 16.5. The van der Waals surface area contributed by atoms with Crippen LogP contribution in [0.3, 0.4) is 0 Å². The summed E-state index contributed by atoms with van der Waals surface area (Å²) in [6, 6.07) is 10.9. The fourth-order valence-corrected chi connectivity index (χ4v) is 2.21. The van der Waals surface area contributed by atoms with Gasteiger partial charge in [-0.25, -0.2) is 0 Å². The van der Waals surface area contributed by atoms with E-state index in [1.807, 2.05) is 25.1 Å². The van der Waals surface area contributed by atoms with Gasteiger partial charge in [0.15, 0.2) is 0 Å². The number of carboxylic acid groups (broad SMARTS) is 1. The molecule has 2 aromatic rings. The van der Waals surface area contributed by atoms with Gasteiger partial charge in [0.25, 0.3) is 5.91 Å². The molecule has 0 aliphatic heterocycles. The van der Waals surface area contributed by atoms with E-state index < -0.39 is 11.4 Å². The molecule has 0 fully saturated rings. The second kappa shape index (κ2) is 8.47. The zero-order valence-corrected chi connectivity index (χ0v) is 15.3. The van der Waals surface area contributed by atoms with E-state index in [1.165, 1.54) is 0 Å². The molecule has 0 saturated carbocycles. The summed E-state index contributed by atoms with van der Waals surface area (Å²) in [5.41, 5.74) is 1.43. The van der Waals surface area contributed by atoms with Crippen LogP contribution in [-0.4, -0.2) is 28.5 Å². The van der Waals surface area contributed by atoms with Crippen LogP contribution >= 0.6 is 0 Å². The molecule has 0 radical (unpaired) electrons. The standard InChI is InChI=1S/C20H24N2O4/c1-14-7-8-17(12-22-14)26-13-15-5-4-6-16(11-15)18(23)21-10-9-20(2,3)19(24)25/h4-8,11-12H,9-10,13H2,1-3H3,(H,21,23)(H,24,25). The van der Waals surface area contributed by atoms with Crippen molar-refractivity contribution in [3.05, 3.63) is 59.4 Å². The minimum atomic E-state index is -0.878. The van der Waals surface area contributed by atoms with E-state index in [9.17, 15) is 9.59 Å². The zero-order valence-electron chi connectivity index (χ0n) is 15.3. The molecular weight excluding hydrogens is 332 g/mol. The van der Waals surface area contributed by atoms with Crippen LogP contribution < -0.4 is 10.1 Å². The van der Waals surface area contributed by atoms with Crippen LogP contribution in [-0.2, 0) is 11.4 Å². The van der Waals surface area contributed by atoms with Crippen molar-refractivity contribution < 1.29 is 19.4 Å². The molecular formula is C20H24N2O4. The largest absolute Gasteiger partial charge is 0.487 e. The molecule has 0 unspecified atom stereocenters. The van der Waals surface area contributed by atoms with Gasteiger partial charge in [-0.1, -0.05) is 12.1 Å². The Morgan fingerprint density at radius 2 is 2.00 bits per heavy atom. The van der Waals surface area contributed by atoms with Crippen molar-refractivity contribution in [1.29, 1.82) is 0 Å². The van der Waals surface area contributed by atoms with E-state index in [0.717, 1.165) is 11.3 Å². The highest BCUT2D eigenvalue weighted by molar-refractivity contribution is 5.94. The number of amides is 1. The van der Waals surface area contributed by atoms with E-state index in [0.29, 0.717) is 30.9 Å². The molecule has 0 aliphatic carbocycles. The average molecular weight is 356 g/mol. The third-order valence-corrected chi connectivity index (χ3v) is 4.09. The Morgan fingerprint density at radius 3 is 2.65 bits per heavy atom. The molecule has 1 amide bonds. The maximum Gasteiger partial charge on any atom is 0.309 e. The number of aryl methyl sites for hydroxylation is 1. The van der Waals surface area contributed by atoms with Crippen LogP contribution in [0.4, 0.5) is 0 Å². The first-order valence-electron chi connectivity index (χ1n) is 8.44. The third kappa shape index (κ3) is 5.58. The van der Waals surface area contributed by atoms with Gasteiger partial charge in [0.05, 0.1) is 11.6 Å². The Kier molecular flexibility index (Phi) is 6.33. The molecule has 2 N–H and O–H groups in total. The van der Waals surface area contributed by atoms with Crippen molar-refractivity contribution in [3.8, 4) is 5.75 Å². The number of aromatic nitrogens is 1. The van der Waals surface area contributed by atoms with E-state index in [2.05, 4.69) is 10.3 Å². The lowest BCUT2D eigenvalue weighted by Crippen LogP contribution is -2.32. The first kappa shape index (κ1) is 19.4. The molecule has 6 nitrogen and oxygen atoms in total. The Morgan fingerprint density at radius 1 is 1.23 bits per heavy atom. The molecule has 2 rings (SSSR count). The van der Waals surface area contributed by atoms with Crippen LogP contribution in [0.1, 0.15) is 41.9 Å². The lowest BCUT2D eigenvalue weighted by Gasteiger charge is -2.18. The lowest BCUT2D eigenvalue weighted by atomic mass is 9.90. The summed E-state index contributed by atoms with van der Waals surface area (Å²) in [6.45, 7) is 5.81. The molecule has 1 heterocycles. The number of pyridine rings is 1. The maximum absolute atomic E-state index is 12.3. The molecule has 1 aromatic heterocycles. The Hall–Kier alpha value is -2.89. The van der Waals surface area contributed by atoms with Crippen LogP contribution in [0.2, 0.25) is 0 Å². The van der Waals surface area contributed by atoms with Crippen molar-refractivity contribution in [1.82, 2.24) is 10.3 Å². The third-order valence-electron chi connectivity index (χ3n) is 4.09. The van der Waals surface area contributed by atoms with Crippen molar-refractivity contribution in [3.63, 3.8) is 0 Å². The summed E-state index contributed by atoms with van der Waals surface area (Å²) in [6.07, 6.45) is 2.02. The van der Waals surface area contributed by atoms with Crippen LogP contribution in [0.15, 0.2) is 42.6 Å². The number of hydrogen-bond acceptors (Lipinski definition) is 4. The summed E-state index contributed by atoms with van der Waals surface area (Å²) in [5, 5.41) is 11.9. The first-order valence-corrected chi connectivity index (χ1v) is 8.44. The van der Waals surface area contributed by atoms with Gasteiger partial charge in [0.2, 0.25) is 0 Å². The van der Waals surface area contributed by atoms with Crippen LogP contribution in [0.5, 0.6) is 5.75 Å². The quantitative estimate of drug-likeness (QED) is 0.758. The number of nitrogens with zero attached hydrogens (tertiary/aromatic N) is 1. The Labute approximate surface area is 153 Å². The molecule has 0 atom stereocenters. The number of carboxylic acids is 1. The van der Waals surface area contributed by atoms with Gasteiger partial charge in [0.1, 0.15) is 12.4 Å². The monoisotopic (exact) mass is 356 g/mol. The number of benzene rings is 1. The molecule has 26 heavy (non-hydrogen) atoms. The predicted octanol–water partition coefficient (Wildman–Crippen LogP) is 3.20. The van der Waals surface area contributed by atoms with Crippen LogP contribution in [0, 0.1) is 12.3 Å². The van der Waals surface area contributed by atoms with E-state index in [4.69, 9.17) is 9.84 Å². The second-order valence-electron chi connectivity index (χ2n) is 6.82. The minimum absolute atomic E-state index is 0.231. The average Bonchev–Trinajstić information content (AvgIpc) is 2.61. The van der Waals surface area contributed by atoms with Gasteiger partial charge < -0.3 is 15.2 Å². The van der Waals surface area contributed by atoms with Gasteiger partial charge in [-0.05, 0) is 57.0 Å². The zero-order chi connectivity index (χ0) is 19.2. The van der Waals surface area contributed by atoms with Crippen molar-refractivity contribution in [2.45, 2.75) is 33.8 Å². The SMILES string of the molecule is Cc1ccc(OCc2cccc(C(=O)NCCC(C)(C)C(=O)O)c2)cn1. The minimum Gasteiger partial charge on any atom is -0.487 e. The molecule has 0 bridgehead atoms. The second-order valence-corrected chi connectivity index (χ2v) is 6.82. The summed E-state index contributed by atoms with van der Waals surface area (Å²) in [7, 11) is 0. The fraction of sp³-hybridized carbons (Fsp3) is 0.350. The van der Waals surface area contributed by atoms with Crippen LogP contribution in [0.25, 0.3) is 0 Å². The number of rotatable bonds is 8. The summed E-state index contributed by atoms with van der Waals surface area (Å²) in [4.78, 5) is 27.5. The van der Waals surface area contributed by atoms with Crippen molar-refractivity contribution in [2.24, 2.45) is 5.41 Å². The number of ether oxygens (including phenoxy) is 1. The summed E-state index contributed by atoms with van der Waals surface area (Å²) in [5.74, 6) is -0.442.